The summed E-state index contributed by atoms with van der Waals surface area (Å²) in [5.41, 5.74) is 1.28. The van der Waals surface area contributed by atoms with E-state index in [4.69, 9.17) is 16.3 Å². The minimum atomic E-state index is -0.289. The molecule has 1 atom stereocenters. The maximum absolute atomic E-state index is 12.3. The minimum Gasteiger partial charge on any atom is -0.380 e. The lowest BCUT2D eigenvalue weighted by molar-refractivity contribution is 0.120. The van der Waals surface area contributed by atoms with Gasteiger partial charge in [0, 0.05) is 13.2 Å². The van der Waals surface area contributed by atoms with Crippen molar-refractivity contribution in [3.63, 3.8) is 0 Å². The van der Waals surface area contributed by atoms with Gasteiger partial charge in [-0.25, -0.2) is 4.68 Å². The number of aromatic nitrogens is 2. The molecule has 2 heterocycles. The van der Waals surface area contributed by atoms with E-state index < -0.39 is 0 Å². The summed E-state index contributed by atoms with van der Waals surface area (Å²) in [5.74, 6) is 0. The Bertz CT molecular complexity index is 682. The first-order chi connectivity index (χ1) is 10.7. The summed E-state index contributed by atoms with van der Waals surface area (Å²) in [6.45, 7) is 1.85. The Hall–Kier alpha value is -1.85. The molecule has 1 aromatic heterocycles. The smallest absolute Gasteiger partial charge is 0.287 e. The number of hydrogen-bond donors (Lipinski definition) is 1. The maximum Gasteiger partial charge on any atom is 0.287 e. The second kappa shape index (κ2) is 6.94. The van der Waals surface area contributed by atoms with Crippen LogP contribution in [0.15, 0.2) is 41.3 Å². The van der Waals surface area contributed by atoms with Crippen molar-refractivity contribution in [2.24, 2.45) is 0 Å². The van der Waals surface area contributed by atoms with Crippen LogP contribution >= 0.6 is 11.6 Å². The molecule has 0 unspecified atom stereocenters. The second-order valence-electron chi connectivity index (χ2n) is 5.34. The van der Waals surface area contributed by atoms with Crippen molar-refractivity contribution in [3.8, 4) is 0 Å². The molecule has 1 saturated heterocycles. The van der Waals surface area contributed by atoms with Gasteiger partial charge in [-0.3, -0.25) is 4.79 Å². The van der Waals surface area contributed by atoms with Gasteiger partial charge in [-0.15, -0.1) is 0 Å². The summed E-state index contributed by atoms with van der Waals surface area (Å²) in [6.07, 6.45) is 3.89. The minimum absolute atomic E-state index is 0.170. The van der Waals surface area contributed by atoms with Crippen molar-refractivity contribution < 1.29 is 4.74 Å². The number of nitrogens with one attached hydrogen (secondary N) is 1. The van der Waals surface area contributed by atoms with Crippen LogP contribution in [-0.4, -0.2) is 29.0 Å². The zero-order chi connectivity index (χ0) is 15.4. The largest absolute Gasteiger partial charge is 0.380 e. The molecule has 3 rings (SSSR count). The van der Waals surface area contributed by atoms with E-state index in [0.29, 0.717) is 18.8 Å². The zero-order valence-corrected chi connectivity index (χ0v) is 12.9. The fourth-order valence-electron chi connectivity index (χ4n) is 2.49. The molecule has 1 N–H and O–H groups in total. The molecule has 116 valence electrons. The highest BCUT2D eigenvalue weighted by molar-refractivity contribution is 6.32. The summed E-state index contributed by atoms with van der Waals surface area (Å²) in [7, 11) is 0. The number of benzene rings is 1. The standard InChI is InChI=1S/C16H18ClN3O2/c17-15-14(18-9-13-7-4-8-22-13)10-19-20(16(15)21)11-12-5-2-1-3-6-12/h1-3,5-6,10,13,18H,4,7-9,11H2/t13-/m1/s1. The average Bonchev–Trinajstić information content (AvgIpc) is 3.06. The van der Waals surface area contributed by atoms with Gasteiger partial charge in [-0.05, 0) is 18.4 Å². The Morgan fingerprint density at radius 2 is 2.18 bits per heavy atom. The Balaban J connectivity index is 1.72. The first-order valence-corrected chi connectivity index (χ1v) is 7.77. The van der Waals surface area contributed by atoms with Crippen molar-refractivity contribution in [1.29, 1.82) is 0 Å². The van der Waals surface area contributed by atoms with Crippen LogP contribution in [0.5, 0.6) is 0 Å². The lowest BCUT2D eigenvalue weighted by Gasteiger charge is -2.13. The molecule has 22 heavy (non-hydrogen) atoms. The molecule has 1 aliphatic heterocycles. The normalized spacial score (nSPS) is 17.6. The van der Waals surface area contributed by atoms with Crippen molar-refractivity contribution >= 4 is 17.3 Å². The summed E-state index contributed by atoms with van der Waals surface area (Å²) < 4.78 is 6.91. The molecule has 1 aromatic carbocycles. The van der Waals surface area contributed by atoms with Gasteiger partial charge in [0.25, 0.3) is 5.56 Å². The van der Waals surface area contributed by atoms with Crippen LogP contribution in [0, 0.1) is 0 Å². The summed E-state index contributed by atoms with van der Waals surface area (Å²) in [5, 5.41) is 7.52. The number of anilines is 1. The fourth-order valence-corrected chi connectivity index (χ4v) is 2.70. The Morgan fingerprint density at radius 3 is 2.91 bits per heavy atom. The summed E-state index contributed by atoms with van der Waals surface area (Å²) in [6, 6.07) is 9.70. The van der Waals surface area contributed by atoms with Crippen molar-refractivity contribution in [1.82, 2.24) is 9.78 Å². The third kappa shape index (κ3) is 3.48. The molecule has 0 saturated carbocycles. The van der Waals surface area contributed by atoms with E-state index in [1.807, 2.05) is 30.3 Å². The van der Waals surface area contributed by atoms with Crippen molar-refractivity contribution in [2.45, 2.75) is 25.5 Å². The van der Waals surface area contributed by atoms with Crippen LogP contribution in [-0.2, 0) is 11.3 Å². The molecular formula is C16H18ClN3O2. The highest BCUT2D eigenvalue weighted by Gasteiger charge is 2.16. The van der Waals surface area contributed by atoms with Gasteiger partial charge in [0.1, 0.15) is 5.02 Å². The second-order valence-corrected chi connectivity index (χ2v) is 5.71. The number of nitrogens with zero attached hydrogens (tertiary/aromatic N) is 2. The molecule has 2 aromatic rings. The van der Waals surface area contributed by atoms with Gasteiger partial charge < -0.3 is 10.1 Å². The Labute approximate surface area is 133 Å². The van der Waals surface area contributed by atoms with E-state index in [1.54, 1.807) is 6.20 Å². The molecule has 0 radical (unpaired) electrons. The first-order valence-electron chi connectivity index (χ1n) is 7.39. The third-order valence-corrected chi connectivity index (χ3v) is 4.07. The van der Waals surface area contributed by atoms with E-state index in [-0.39, 0.29) is 16.7 Å². The van der Waals surface area contributed by atoms with E-state index in [9.17, 15) is 4.79 Å². The van der Waals surface area contributed by atoms with E-state index in [2.05, 4.69) is 10.4 Å². The lowest BCUT2D eigenvalue weighted by Crippen LogP contribution is -2.26. The molecule has 6 heteroatoms. The van der Waals surface area contributed by atoms with Crippen LogP contribution < -0.4 is 10.9 Å². The third-order valence-electron chi connectivity index (χ3n) is 3.70. The quantitative estimate of drug-likeness (QED) is 0.920. The van der Waals surface area contributed by atoms with Crippen molar-refractivity contribution in [3.05, 3.63) is 57.5 Å². The predicted molar refractivity (Wildman–Crippen MR) is 86.5 cm³/mol. The van der Waals surface area contributed by atoms with Crippen LogP contribution in [0.2, 0.25) is 5.02 Å². The fraction of sp³-hybridized carbons (Fsp3) is 0.375. The van der Waals surface area contributed by atoms with Gasteiger partial charge in [0.15, 0.2) is 0 Å². The number of ether oxygens (including phenoxy) is 1. The molecular weight excluding hydrogens is 302 g/mol. The van der Waals surface area contributed by atoms with E-state index in [0.717, 1.165) is 25.0 Å². The highest BCUT2D eigenvalue weighted by atomic mass is 35.5. The Kier molecular flexibility index (Phi) is 4.75. The van der Waals surface area contributed by atoms with E-state index >= 15 is 0 Å². The highest BCUT2D eigenvalue weighted by Crippen LogP contribution is 2.18. The van der Waals surface area contributed by atoms with Gasteiger partial charge in [-0.2, -0.15) is 5.10 Å². The molecule has 5 nitrogen and oxygen atoms in total. The van der Waals surface area contributed by atoms with Crippen LogP contribution in [0.1, 0.15) is 18.4 Å². The molecule has 0 amide bonds. The van der Waals surface area contributed by atoms with Crippen LogP contribution in [0.25, 0.3) is 0 Å². The van der Waals surface area contributed by atoms with Gasteiger partial charge in [0.2, 0.25) is 0 Å². The molecule has 0 spiro atoms. The number of halogens is 1. The summed E-state index contributed by atoms with van der Waals surface area (Å²) >= 11 is 6.17. The average molecular weight is 320 g/mol. The van der Waals surface area contributed by atoms with Crippen molar-refractivity contribution in [2.75, 3.05) is 18.5 Å². The summed E-state index contributed by atoms with van der Waals surface area (Å²) in [4.78, 5) is 12.3. The van der Waals surface area contributed by atoms with E-state index in [1.165, 1.54) is 4.68 Å². The lowest BCUT2D eigenvalue weighted by atomic mass is 10.2. The molecule has 0 aliphatic carbocycles. The van der Waals surface area contributed by atoms with Gasteiger partial charge in [0.05, 0.1) is 24.5 Å². The Morgan fingerprint density at radius 1 is 1.36 bits per heavy atom. The number of hydrogen-bond acceptors (Lipinski definition) is 4. The molecule has 0 bridgehead atoms. The predicted octanol–water partition coefficient (Wildman–Crippen LogP) is 2.54. The monoisotopic (exact) mass is 319 g/mol. The zero-order valence-electron chi connectivity index (χ0n) is 12.2. The topological polar surface area (TPSA) is 56.1 Å². The van der Waals surface area contributed by atoms with Crippen LogP contribution in [0.4, 0.5) is 5.69 Å². The van der Waals surface area contributed by atoms with Crippen LogP contribution in [0.3, 0.4) is 0 Å². The van der Waals surface area contributed by atoms with Gasteiger partial charge >= 0.3 is 0 Å². The van der Waals surface area contributed by atoms with Gasteiger partial charge in [-0.1, -0.05) is 41.9 Å². The maximum atomic E-state index is 12.3. The first kappa shape index (κ1) is 15.1. The molecule has 1 aliphatic rings. The molecule has 1 fully saturated rings. The number of rotatable bonds is 5. The SMILES string of the molecule is O=c1c(Cl)c(NC[C@H]2CCCO2)cnn1Cc1ccccc1.